The SMILES string of the molecule is CC[C@H](CC(F)(F)F)NC(=O)c1ccc2c(c1)nnn2C. The highest BCUT2D eigenvalue weighted by molar-refractivity contribution is 5.97. The molecule has 5 nitrogen and oxygen atoms in total. The minimum Gasteiger partial charge on any atom is -0.349 e. The molecule has 1 atom stereocenters. The van der Waals surface area contributed by atoms with Gasteiger partial charge in [-0.15, -0.1) is 5.10 Å². The molecule has 1 aromatic heterocycles. The number of rotatable bonds is 4. The Balaban J connectivity index is 2.13. The fourth-order valence-corrected chi connectivity index (χ4v) is 2.03. The largest absolute Gasteiger partial charge is 0.391 e. The third-order valence-corrected chi connectivity index (χ3v) is 3.18. The van der Waals surface area contributed by atoms with E-state index in [9.17, 15) is 18.0 Å². The number of benzene rings is 1. The van der Waals surface area contributed by atoms with Gasteiger partial charge in [0.15, 0.2) is 0 Å². The van der Waals surface area contributed by atoms with Crippen molar-refractivity contribution in [2.45, 2.75) is 32.0 Å². The topological polar surface area (TPSA) is 59.8 Å². The first kappa shape index (κ1) is 15.3. The van der Waals surface area contributed by atoms with Crippen molar-refractivity contribution in [3.05, 3.63) is 23.8 Å². The molecule has 8 heteroatoms. The highest BCUT2D eigenvalue weighted by Crippen LogP contribution is 2.23. The van der Waals surface area contributed by atoms with Crippen LogP contribution in [0, 0.1) is 0 Å². The van der Waals surface area contributed by atoms with Crippen molar-refractivity contribution in [3.63, 3.8) is 0 Å². The van der Waals surface area contributed by atoms with Crippen molar-refractivity contribution in [2.24, 2.45) is 7.05 Å². The summed E-state index contributed by atoms with van der Waals surface area (Å²) in [4.78, 5) is 12.0. The van der Waals surface area contributed by atoms with Gasteiger partial charge >= 0.3 is 6.18 Å². The van der Waals surface area contributed by atoms with E-state index in [-0.39, 0.29) is 12.0 Å². The van der Waals surface area contributed by atoms with Crippen LogP contribution in [-0.2, 0) is 7.05 Å². The number of nitrogens with one attached hydrogen (secondary N) is 1. The highest BCUT2D eigenvalue weighted by atomic mass is 19.4. The van der Waals surface area contributed by atoms with Crippen LogP contribution in [0.5, 0.6) is 0 Å². The zero-order valence-corrected chi connectivity index (χ0v) is 11.6. The fourth-order valence-electron chi connectivity index (χ4n) is 2.03. The number of carbonyl (C=O) groups is 1. The van der Waals surface area contributed by atoms with Gasteiger partial charge in [-0.25, -0.2) is 4.68 Å². The lowest BCUT2D eigenvalue weighted by Crippen LogP contribution is -2.37. The molecule has 1 heterocycles. The van der Waals surface area contributed by atoms with Gasteiger partial charge in [0.25, 0.3) is 5.91 Å². The molecule has 0 aliphatic carbocycles. The van der Waals surface area contributed by atoms with Gasteiger partial charge in [-0.2, -0.15) is 13.2 Å². The van der Waals surface area contributed by atoms with Crippen LogP contribution in [0.25, 0.3) is 11.0 Å². The highest BCUT2D eigenvalue weighted by Gasteiger charge is 2.31. The Morgan fingerprint density at radius 3 is 2.76 bits per heavy atom. The number of fused-ring (bicyclic) bond motifs is 1. The molecule has 0 aliphatic heterocycles. The quantitative estimate of drug-likeness (QED) is 0.943. The fraction of sp³-hybridized carbons (Fsp3) is 0.462. The Bertz CT molecular complexity index is 650. The maximum atomic E-state index is 12.4. The predicted octanol–water partition coefficient (Wildman–Crippen LogP) is 2.43. The summed E-state index contributed by atoms with van der Waals surface area (Å²) in [5.74, 6) is -0.543. The molecular formula is C13H15F3N4O. The second-order valence-electron chi connectivity index (χ2n) is 4.81. The van der Waals surface area contributed by atoms with Crippen molar-refractivity contribution in [2.75, 3.05) is 0 Å². The summed E-state index contributed by atoms with van der Waals surface area (Å²) in [6.45, 7) is 1.60. The number of halogens is 3. The number of hydrogen-bond donors (Lipinski definition) is 1. The van der Waals surface area contributed by atoms with Crippen LogP contribution in [0.1, 0.15) is 30.1 Å². The van der Waals surface area contributed by atoms with Crippen LogP contribution in [0.2, 0.25) is 0 Å². The van der Waals surface area contributed by atoms with E-state index in [4.69, 9.17) is 0 Å². The number of alkyl halides is 3. The molecule has 1 aromatic carbocycles. The number of hydrogen-bond acceptors (Lipinski definition) is 3. The van der Waals surface area contributed by atoms with Crippen LogP contribution in [-0.4, -0.2) is 33.1 Å². The summed E-state index contributed by atoms with van der Waals surface area (Å²) < 4.78 is 38.7. The zero-order valence-electron chi connectivity index (χ0n) is 11.6. The molecule has 0 bridgehead atoms. The molecule has 1 amide bonds. The van der Waals surface area contributed by atoms with E-state index in [0.717, 1.165) is 5.52 Å². The molecule has 0 aliphatic rings. The first-order chi connectivity index (χ1) is 9.80. The summed E-state index contributed by atoms with van der Waals surface area (Å²) >= 11 is 0. The van der Waals surface area contributed by atoms with E-state index in [0.29, 0.717) is 5.52 Å². The molecule has 114 valence electrons. The summed E-state index contributed by atoms with van der Waals surface area (Å²) in [6.07, 6.45) is -5.13. The monoisotopic (exact) mass is 300 g/mol. The Morgan fingerprint density at radius 2 is 2.14 bits per heavy atom. The lowest BCUT2D eigenvalue weighted by Gasteiger charge is -2.18. The second kappa shape index (κ2) is 5.71. The molecule has 0 fully saturated rings. The van der Waals surface area contributed by atoms with Gasteiger partial charge < -0.3 is 5.32 Å². The van der Waals surface area contributed by atoms with Gasteiger partial charge in [-0.3, -0.25) is 4.79 Å². The lowest BCUT2D eigenvalue weighted by atomic mass is 10.1. The Hall–Kier alpha value is -2.12. The second-order valence-corrected chi connectivity index (χ2v) is 4.81. The van der Waals surface area contributed by atoms with Gasteiger partial charge in [-0.1, -0.05) is 12.1 Å². The van der Waals surface area contributed by atoms with E-state index >= 15 is 0 Å². The van der Waals surface area contributed by atoms with Crippen molar-refractivity contribution < 1.29 is 18.0 Å². The van der Waals surface area contributed by atoms with Gasteiger partial charge in [0.2, 0.25) is 0 Å². The van der Waals surface area contributed by atoms with Gasteiger partial charge in [-0.05, 0) is 24.6 Å². The Kier molecular flexibility index (Phi) is 4.15. The molecule has 0 unspecified atom stereocenters. The van der Waals surface area contributed by atoms with Crippen LogP contribution >= 0.6 is 0 Å². The molecular weight excluding hydrogens is 285 g/mol. The minimum absolute atomic E-state index is 0.207. The number of aryl methyl sites for hydroxylation is 1. The Morgan fingerprint density at radius 1 is 1.43 bits per heavy atom. The minimum atomic E-state index is -4.30. The van der Waals surface area contributed by atoms with E-state index in [1.54, 1.807) is 30.8 Å². The lowest BCUT2D eigenvalue weighted by molar-refractivity contribution is -0.139. The molecule has 0 saturated carbocycles. The van der Waals surface area contributed by atoms with Crippen molar-refractivity contribution in [1.82, 2.24) is 20.3 Å². The van der Waals surface area contributed by atoms with Gasteiger partial charge in [0.1, 0.15) is 5.52 Å². The van der Waals surface area contributed by atoms with Crippen molar-refractivity contribution in [1.29, 1.82) is 0 Å². The first-order valence-corrected chi connectivity index (χ1v) is 6.47. The van der Waals surface area contributed by atoms with E-state index in [1.807, 2.05) is 0 Å². The standard InChI is InChI=1S/C13H15F3N4O/c1-3-9(7-13(14,15)16)17-12(21)8-4-5-11-10(6-8)18-19-20(11)2/h4-6,9H,3,7H2,1-2H3,(H,17,21)/t9-/m1/s1. The maximum absolute atomic E-state index is 12.4. The average molecular weight is 300 g/mol. The molecule has 0 spiro atoms. The number of carbonyl (C=O) groups excluding carboxylic acids is 1. The van der Waals surface area contributed by atoms with Crippen molar-refractivity contribution in [3.8, 4) is 0 Å². The summed E-state index contributed by atoms with van der Waals surface area (Å²) in [5.41, 5.74) is 1.53. The third kappa shape index (κ3) is 3.71. The number of nitrogens with zero attached hydrogens (tertiary/aromatic N) is 3. The van der Waals surface area contributed by atoms with E-state index in [2.05, 4.69) is 15.6 Å². The average Bonchev–Trinajstić information content (AvgIpc) is 2.77. The predicted molar refractivity (Wildman–Crippen MR) is 70.7 cm³/mol. The normalized spacial score (nSPS) is 13.4. The van der Waals surface area contributed by atoms with Crippen LogP contribution in [0.4, 0.5) is 13.2 Å². The molecule has 1 N–H and O–H groups in total. The maximum Gasteiger partial charge on any atom is 0.391 e. The Labute approximate surface area is 119 Å². The molecule has 0 saturated heterocycles. The summed E-state index contributed by atoms with van der Waals surface area (Å²) in [7, 11) is 1.71. The smallest absolute Gasteiger partial charge is 0.349 e. The van der Waals surface area contributed by atoms with Crippen LogP contribution in [0.15, 0.2) is 18.2 Å². The molecule has 2 rings (SSSR count). The number of amides is 1. The summed E-state index contributed by atoms with van der Waals surface area (Å²) in [6, 6.07) is 3.78. The van der Waals surface area contributed by atoms with Gasteiger partial charge in [0, 0.05) is 18.7 Å². The van der Waals surface area contributed by atoms with Gasteiger partial charge in [0.05, 0.1) is 11.9 Å². The summed E-state index contributed by atoms with van der Waals surface area (Å²) in [5, 5.41) is 10.1. The molecule has 21 heavy (non-hydrogen) atoms. The first-order valence-electron chi connectivity index (χ1n) is 6.47. The van der Waals surface area contributed by atoms with Crippen molar-refractivity contribution >= 4 is 16.9 Å². The number of aromatic nitrogens is 3. The van der Waals surface area contributed by atoms with E-state index < -0.39 is 24.5 Å². The van der Waals surface area contributed by atoms with Crippen LogP contribution in [0.3, 0.4) is 0 Å². The zero-order chi connectivity index (χ0) is 15.6. The van der Waals surface area contributed by atoms with E-state index in [1.165, 1.54) is 6.07 Å². The molecule has 2 aromatic rings. The third-order valence-electron chi connectivity index (χ3n) is 3.18. The molecule has 0 radical (unpaired) electrons. The van der Waals surface area contributed by atoms with Crippen LogP contribution < -0.4 is 5.32 Å².